The summed E-state index contributed by atoms with van der Waals surface area (Å²) in [6.07, 6.45) is 2.56. The van der Waals surface area contributed by atoms with E-state index in [0.29, 0.717) is 36.9 Å². The third-order valence-electron chi connectivity index (χ3n) is 7.56. The normalized spacial score (nSPS) is 14.8. The number of anilines is 3. The Hall–Kier alpha value is -5.53. The molecule has 2 aromatic heterocycles. The predicted molar refractivity (Wildman–Crippen MR) is 183 cm³/mol. The summed E-state index contributed by atoms with van der Waals surface area (Å²) >= 11 is 0. The van der Waals surface area contributed by atoms with E-state index in [1.54, 1.807) is 39.9 Å². The third-order valence-corrected chi connectivity index (χ3v) is 7.56. The lowest BCUT2D eigenvalue weighted by atomic mass is 10.1. The SMILES string of the molecule is C=C(F)C(=O)Nc1cccc(C(=O)Nc2cccc(CNc3nc(OC4CCCN(C(=O)OC(C)(C)C)C4)nc4c(C(C)C)cnn34)c2)c1. The molecule has 1 aliphatic rings. The van der Waals surface area contributed by atoms with Gasteiger partial charge in [-0.05, 0) is 75.4 Å². The number of carbonyl (C=O) groups excluding carboxylic acids is 3. The maximum atomic E-state index is 13.1. The number of nitrogens with zero attached hydrogens (tertiary/aromatic N) is 5. The molecule has 2 aromatic carbocycles. The lowest BCUT2D eigenvalue weighted by molar-refractivity contribution is -0.114. The summed E-state index contributed by atoms with van der Waals surface area (Å²) in [7, 11) is 0. The standard InChI is InChI=1S/C35H41FN8O5/c1-21(2)28-19-38-44-29(28)41-33(48-27-14-9-15-43(20-27)34(47)49-35(4,5)6)42-32(44)37-18-23-10-7-12-25(16-23)40-31(46)24-11-8-13-26(17-24)39-30(45)22(3)36/h7-8,10-13,16-17,19,21,27H,3,9,14-15,18,20H2,1-2,4-6H3,(H,39,45)(H,40,46)(H,37,41,42). The topological polar surface area (TPSA) is 152 Å². The maximum Gasteiger partial charge on any atom is 0.410 e. The van der Waals surface area contributed by atoms with Crippen molar-refractivity contribution in [1.82, 2.24) is 24.5 Å². The Morgan fingerprint density at radius 2 is 1.80 bits per heavy atom. The van der Waals surface area contributed by atoms with E-state index in [4.69, 9.17) is 14.5 Å². The Kier molecular flexibility index (Phi) is 10.4. The summed E-state index contributed by atoms with van der Waals surface area (Å²) in [6.45, 7) is 13.9. The van der Waals surface area contributed by atoms with Gasteiger partial charge < -0.3 is 30.3 Å². The molecule has 3 heterocycles. The van der Waals surface area contributed by atoms with Crippen LogP contribution >= 0.6 is 0 Å². The summed E-state index contributed by atoms with van der Waals surface area (Å²) in [4.78, 5) is 48.4. The Morgan fingerprint density at radius 1 is 1.06 bits per heavy atom. The number of amides is 3. The van der Waals surface area contributed by atoms with Crippen LogP contribution in [0.4, 0.5) is 26.5 Å². The van der Waals surface area contributed by atoms with E-state index >= 15 is 0 Å². The van der Waals surface area contributed by atoms with Crippen LogP contribution in [0.15, 0.2) is 67.1 Å². The molecule has 1 unspecified atom stereocenters. The summed E-state index contributed by atoms with van der Waals surface area (Å²) in [5.74, 6) is -1.96. The van der Waals surface area contributed by atoms with Crippen molar-refractivity contribution in [2.24, 2.45) is 0 Å². The van der Waals surface area contributed by atoms with Crippen LogP contribution in [-0.4, -0.2) is 67.2 Å². The van der Waals surface area contributed by atoms with Crippen LogP contribution in [0.5, 0.6) is 6.01 Å². The largest absolute Gasteiger partial charge is 0.458 e. The van der Waals surface area contributed by atoms with Crippen molar-refractivity contribution in [2.45, 2.75) is 71.6 Å². The molecular weight excluding hydrogens is 631 g/mol. The van der Waals surface area contributed by atoms with E-state index in [2.05, 4.69) is 46.5 Å². The average molecular weight is 673 g/mol. The zero-order chi connectivity index (χ0) is 35.3. The van der Waals surface area contributed by atoms with Crippen LogP contribution in [0.1, 0.15) is 74.9 Å². The molecule has 1 saturated heterocycles. The minimum Gasteiger partial charge on any atom is -0.458 e. The van der Waals surface area contributed by atoms with Crippen LogP contribution in [-0.2, 0) is 16.1 Å². The number of aromatic nitrogens is 4. The molecule has 4 aromatic rings. The first-order chi connectivity index (χ1) is 23.3. The summed E-state index contributed by atoms with van der Waals surface area (Å²) in [6, 6.07) is 13.6. The Labute approximate surface area is 283 Å². The molecule has 0 radical (unpaired) electrons. The van der Waals surface area contributed by atoms with Gasteiger partial charge in [0.05, 0.1) is 12.7 Å². The second-order valence-corrected chi connectivity index (χ2v) is 13.1. The van der Waals surface area contributed by atoms with Crippen LogP contribution in [0.25, 0.3) is 5.65 Å². The van der Waals surface area contributed by atoms with Crippen molar-refractivity contribution < 1.29 is 28.2 Å². The van der Waals surface area contributed by atoms with E-state index in [9.17, 15) is 18.8 Å². The number of hydrogen-bond donors (Lipinski definition) is 3. The smallest absolute Gasteiger partial charge is 0.410 e. The molecule has 49 heavy (non-hydrogen) atoms. The average Bonchev–Trinajstić information content (AvgIpc) is 3.48. The van der Waals surface area contributed by atoms with Crippen LogP contribution in [0.2, 0.25) is 0 Å². The molecule has 1 aliphatic heterocycles. The summed E-state index contributed by atoms with van der Waals surface area (Å²) < 4.78 is 26.6. The number of benzene rings is 2. The molecule has 0 bridgehead atoms. The van der Waals surface area contributed by atoms with Crippen LogP contribution < -0.4 is 20.7 Å². The van der Waals surface area contributed by atoms with E-state index in [0.717, 1.165) is 24.0 Å². The maximum absolute atomic E-state index is 13.1. The number of ether oxygens (including phenoxy) is 2. The minimum absolute atomic E-state index is 0.144. The number of likely N-dealkylation sites (tertiary alicyclic amines) is 1. The van der Waals surface area contributed by atoms with Crippen molar-refractivity contribution in [3.05, 3.63) is 83.8 Å². The van der Waals surface area contributed by atoms with Crippen molar-refractivity contribution >= 4 is 40.9 Å². The van der Waals surface area contributed by atoms with E-state index in [1.807, 2.05) is 39.0 Å². The number of fused-ring (bicyclic) bond motifs is 1. The fourth-order valence-electron chi connectivity index (χ4n) is 5.21. The van der Waals surface area contributed by atoms with E-state index in [1.165, 1.54) is 6.07 Å². The van der Waals surface area contributed by atoms with Gasteiger partial charge in [0.25, 0.3) is 11.8 Å². The monoisotopic (exact) mass is 672 g/mol. The first kappa shape index (κ1) is 34.8. The quantitative estimate of drug-likeness (QED) is 0.165. The molecule has 3 amide bonds. The second kappa shape index (κ2) is 14.7. The van der Waals surface area contributed by atoms with Crippen LogP contribution in [0.3, 0.4) is 0 Å². The molecule has 3 N–H and O–H groups in total. The van der Waals surface area contributed by atoms with Crippen molar-refractivity contribution in [2.75, 3.05) is 29.0 Å². The van der Waals surface area contributed by atoms with Crippen LogP contribution in [0, 0.1) is 0 Å². The third kappa shape index (κ3) is 9.09. The van der Waals surface area contributed by atoms with Crippen molar-refractivity contribution in [1.29, 1.82) is 0 Å². The Balaban J connectivity index is 1.30. The number of rotatable bonds is 10. The van der Waals surface area contributed by atoms with Gasteiger partial charge in [-0.25, -0.2) is 9.18 Å². The number of carbonyl (C=O) groups is 3. The van der Waals surface area contributed by atoms with E-state index < -0.39 is 23.2 Å². The van der Waals surface area contributed by atoms with Gasteiger partial charge in [-0.1, -0.05) is 38.6 Å². The summed E-state index contributed by atoms with van der Waals surface area (Å²) in [5.41, 5.74) is 2.85. The van der Waals surface area contributed by atoms with Crippen molar-refractivity contribution in [3.8, 4) is 6.01 Å². The van der Waals surface area contributed by atoms with Gasteiger partial charge >= 0.3 is 12.1 Å². The summed E-state index contributed by atoms with van der Waals surface area (Å²) in [5, 5.41) is 13.1. The molecule has 14 heteroatoms. The molecule has 13 nitrogen and oxygen atoms in total. The first-order valence-electron chi connectivity index (χ1n) is 16.1. The van der Waals surface area contributed by atoms with Gasteiger partial charge in [-0.3, -0.25) is 9.59 Å². The molecular formula is C35H41FN8O5. The van der Waals surface area contributed by atoms with Gasteiger partial charge in [0.2, 0.25) is 5.95 Å². The highest BCUT2D eigenvalue weighted by molar-refractivity contribution is 6.06. The zero-order valence-corrected chi connectivity index (χ0v) is 28.2. The molecule has 5 rings (SSSR count). The second-order valence-electron chi connectivity index (χ2n) is 13.1. The van der Waals surface area contributed by atoms with E-state index in [-0.39, 0.29) is 35.4 Å². The predicted octanol–water partition coefficient (Wildman–Crippen LogP) is 6.31. The minimum atomic E-state index is -1.13. The molecule has 0 saturated carbocycles. The Morgan fingerprint density at radius 3 is 2.51 bits per heavy atom. The first-order valence-corrected chi connectivity index (χ1v) is 16.1. The lowest BCUT2D eigenvalue weighted by Gasteiger charge is -2.33. The zero-order valence-electron chi connectivity index (χ0n) is 28.2. The van der Waals surface area contributed by atoms with Crippen molar-refractivity contribution in [3.63, 3.8) is 0 Å². The number of nitrogens with one attached hydrogen (secondary N) is 3. The molecule has 1 fully saturated rings. The van der Waals surface area contributed by atoms with Gasteiger partial charge in [-0.2, -0.15) is 19.6 Å². The number of halogens is 1. The van der Waals surface area contributed by atoms with Gasteiger partial charge in [-0.15, -0.1) is 0 Å². The lowest BCUT2D eigenvalue weighted by Crippen LogP contribution is -2.46. The highest BCUT2D eigenvalue weighted by Gasteiger charge is 2.29. The molecule has 1 atom stereocenters. The Bertz CT molecular complexity index is 1870. The highest BCUT2D eigenvalue weighted by Crippen LogP contribution is 2.25. The molecule has 0 aliphatic carbocycles. The number of hydrogen-bond acceptors (Lipinski definition) is 9. The fraction of sp³-hybridized carbons (Fsp3) is 0.371. The molecule has 0 spiro atoms. The highest BCUT2D eigenvalue weighted by atomic mass is 19.1. The van der Waals surface area contributed by atoms with Gasteiger partial charge in [0.15, 0.2) is 11.5 Å². The fourth-order valence-corrected chi connectivity index (χ4v) is 5.21. The van der Waals surface area contributed by atoms with Gasteiger partial charge in [0.1, 0.15) is 11.7 Å². The number of piperidine rings is 1. The molecule has 258 valence electrons. The van der Waals surface area contributed by atoms with Gasteiger partial charge in [0, 0.05) is 35.6 Å².